The Hall–Kier alpha value is -2.02. The van der Waals surface area contributed by atoms with E-state index in [1.165, 1.54) is 17.3 Å². The Morgan fingerprint density at radius 3 is 2.75 bits per heavy atom. The molecule has 0 saturated carbocycles. The topological polar surface area (TPSA) is 96.7 Å². The van der Waals surface area contributed by atoms with Crippen LogP contribution in [0.3, 0.4) is 0 Å². The van der Waals surface area contributed by atoms with E-state index in [4.69, 9.17) is 5.73 Å². The number of carbonyl (C=O) groups is 1. The molecule has 106 valence electrons. The van der Waals surface area contributed by atoms with Gasteiger partial charge in [-0.3, -0.25) is 4.79 Å². The number of anilines is 1. The zero-order valence-corrected chi connectivity index (χ0v) is 12.2. The maximum atomic E-state index is 12.0. The number of amides is 1. The Bertz CT molecular complexity index is 581. The molecule has 6 nitrogen and oxygen atoms in total. The number of hydrogen-bond donors (Lipinski definition) is 3. The minimum atomic E-state index is -0.282. The van der Waals surface area contributed by atoms with E-state index in [-0.39, 0.29) is 17.1 Å². The number of hydrogen-bond acceptors (Lipinski definition) is 5. The van der Waals surface area contributed by atoms with Gasteiger partial charge in [-0.05, 0) is 19.4 Å². The van der Waals surface area contributed by atoms with Crippen molar-refractivity contribution in [2.24, 2.45) is 0 Å². The summed E-state index contributed by atoms with van der Waals surface area (Å²) in [6.07, 6.45) is 0. The lowest BCUT2D eigenvalue weighted by Crippen LogP contribution is -2.30. The predicted molar refractivity (Wildman–Crippen MR) is 79.1 cm³/mol. The zero-order chi connectivity index (χ0) is 14.5. The third-order valence-corrected chi connectivity index (χ3v) is 3.68. The van der Waals surface area contributed by atoms with E-state index in [9.17, 15) is 4.79 Å². The minimum Gasteiger partial charge on any atom is -0.368 e. The van der Waals surface area contributed by atoms with E-state index in [1.807, 2.05) is 38.1 Å². The molecule has 1 aromatic heterocycles. The number of nitrogens with one attached hydrogen (secondary N) is 2. The van der Waals surface area contributed by atoms with Crippen molar-refractivity contribution in [2.75, 3.05) is 5.73 Å². The lowest BCUT2D eigenvalue weighted by Gasteiger charge is -2.10. The fourth-order valence-corrected chi connectivity index (χ4v) is 2.32. The van der Waals surface area contributed by atoms with Crippen LogP contribution in [0.2, 0.25) is 0 Å². The van der Waals surface area contributed by atoms with Crippen molar-refractivity contribution in [3.8, 4) is 0 Å². The molecule has 20 heavy (non-hydrogen) atoms. The second-order valence-electron chi connectivity index (χ2n) is 4.47. The second-order valence-corrected chi connectivity index (χ2v) is 5.77. The van der Waals surface area contributed by atoms with Gasteiger partial charge in [-0.25, -0.2) is 5.10 Å². The Kier molecular flexibility index (Phi) is 4.62. The molecule has 1 unspecified atom stereocenters. The highest BCUT2D eigenvalue weighted by Gasteiger charge is 2.16. The zero-order valence-electron chi connectivity index (χ0n) is 11.4. The molecule has 2 rings (SSSR count). The summed E-state index contributed by atoms with van der Waals surface area (Å²) in [6.45, 7) is 4.35. The molecule has 0 saturated heterocycles. The van der Waals surface area contributed by atoms with Crippen LogP contribution in [0.4, 0.5) is 5.95 Å². The molecule has 0 fully saturated rings. The Balaban J connectivity index is 1.83. The summed E-state index contributed by atoms with van der Waals surface area (Å²) in [6, 6.07) is 8.05. The summed E-state index contributed by atoms with van der Waals surface area (Å²) < 4.78 is 0. The van der Waals surface area contributed by atoms with Crippen LogP contribution < -0.4 is 11.1 Å². The van der Waals surface area contributed by atoms with Gasteiger partial charge in [0.1, 0.15) is 0 Å². The SMILES string of the molecule is Cc1ccc(CNC(=O)C(C)Sc2n[nH]c(N)n2)cc1. The number of H-pyrrole nitrogens is 1. The molecule has 0 radical (unpaired) electrons. The fourth-order valence-electron chi connectivity index (χ4n) is 1.56. The molecule has 4 N–H and O–H groups in total. The lowest BCUT2D eigenvalue weighted by molar-refractivity contribution is -0.120. The van der Waals surface area contributed by atoms with Gasteiger partial charge < -0.3 is 11.1 Å². The average molecular weight is 291 g/mol. The molecular formula is C13H17N5OS. The first-order valence-corrected chi connectivity index (χ1v) is 7.10. The van der Waals surface area contributed by atoms with Gasteiger partial charge in [0.15, 0.2) is 0 Å². The Morgan fingerprint density at radius 1 is 1.45 bits per heavy atom. The van der Waals surface area contributed by atoms with Crippen LogP contribution in [0, 0.1) is 6.92 Å². The number of nitrogens with zero attached hydrogens (tertiary/aromatic N) is 2. The number of nitrogens with two attached hydrogens (primary N) is 1. The maximum absolute atomic E-state index is 12.0. The third kappa shape index (κ3) is 3.99. The first-order chi connectivity index (χ1) is 9.54. The van der Waals surface area contributed by atoms with Gasteiger partial charge in [0, 0.05) is 6.54 Å². The first-order valence-electron chi connectivity index (χ1n) is 6.22. The summed E-state index contributed by atoms with van der Waals surface area (Å²) in [4.78, 5) is 15.9. The number of aryl methyl sites for hydroxylation is 1. The summed E-state index contributed by atoms with van der Waals surface area (Å²) in [5.41, 5.74) is 7.71. The molecule has 2 aromatic rings. The normalized spacial score (nSPS) is 12.1. The summed E-state index contributed by atoms with van der Waals surface area (Å²) in [5, 5.41) is 9.51. The highest BCUT2D eigenvalue weighted by molar-refractivity contribution is 8.00. The summed E-state index contributed by atoms with van der Waals surface area (Å²) in [7, 11) is 0. The van der Waals surface area contributed by atoms with Gasteiger partial charge in [-0.15, -0.1) is 5.10 Å². The van der Waals surface area contributed by atoms with Crippen molar-refractivity contribution in [2.45, 2.75) is 30.8 Å². The Morgan fingerprint density at radius 2 is 2.15 bits per heavy atom. The fraction of sp³-hybridized carbons (Fsp3) is 0.308. The van der Waals surface area contributed by atoms with Crippen LogP contribution in [0.1, 0.15) is 18.1 Å². The molecule has 7 heteroatoms. The van der Waals surface area contributed by atoms with Crippen molar-refractivity contribution in [3.63, 3.8) is 0 Å². The molecule has 1 atom stereocenters. The van der Waals surface area contributed by atoms with Gasteiger partial charge in [-0.2, -0.15) is 4.98 Å². The largest absolute Gasteiger partial charge is 0.368 e. The average Bonchev–Trinajstić information content (AvgIpc) is 2.83. The smallest absolute Gasteiger partial charge is 0.233 e. The van der Waals surface area contributed by atoms with E-state index < -0.39 is 0 Å². The quantitative estimate of drug-likeness (QED) is 0.725. The number of aromatic nitrogens is 3. The summed E-state index contributed by atoms with van der Waals surface area (Å²) >= 11 is 1.26. The second kappa shape index (κ2) is 6.42. The number of nitrogen functional groups attached to an aromatic ring is 1. The highest BCUT2D eigenvalue weighted by Crippen LogP contribution is 2.19. The number of carbonyl (C=O) groups excluding carboxylic acids is 1. The summed E-state index contributed by atoms with van der Waals surface area (Å²) in [5.74, 6) is 0.193. The van der Waals surface area contributed by atoms with E-state index in [2.05, 4.69) is 20.5 Å². The molecule has 0 aliphatic heterocycles. The molecule has 0 aliphatic carbocycles. The van der Waals surface area contributed by atoms with Gasteiger partial charge in [0.25, 0.3) is 0 Å². The molecule has 1 heterocycles. The first kappa shape index (κ1) is 14.4. The maximum Gasteiger partial charge on any atom is 0.233 e. The van der Waals surface area contributed by atoms with Gasteiger partial charge in [0.05, 0.1) is 5.25 Å². The standard InChI is InChI=1S/C13H17N5OS/c1-8-3-5-10(6-4-8)7-15-11(19)9(2)20-13-16-12(14)17-18-13/h3-6,9H,7H2,1-2H3,(H,15,19)(H3,14,16,17,18). The van der Waals surface area contributed by atoms with Crippen molar-refractivity contribution >= 4 is 23.6 Å². The van der Waals surface area contributed by atoms with E-state index in [1.54, 1.807) is 0 Å². The third-order valence-electron chi connectivity index (χ3n) is 2.72. The number of benzene rings is 1. The monoisotopic (exact) mass is 291 g/mol. The lowest BCUT2D eigenvalue weighted by atomic mass is 10.1. The molecule has 0 bridgehead atoms. The predicted octanol–water partition coefficient (Wildman–Crippen LogP) is 1.49. The molecular weight excluding hydrogens is 274 g/mol. The number of thioether (sulfide) groups is 1. The number of aromatic amines is 1. The van der Waals surface area contributed by atoms with E-state index >= 15 is 0 Å². The number of rotatable bonds is 5. The van der Waals surface area contributed by atoms with Gasteiger partial charge >= 0.3 is 0 Å². The van der Waals surface area contributed by atoms with Crippen molar-refractivity contribution in [3.05, 3.63) is 35.4 Å². The van der Waals surface area contributed by atoms with Crippen LogP contribution >= 0.6 is 11.8 Å². The van der Waals surface area contributed by atoms with Crippen LogP contribution in [-0.4, -0.2) is 26.3 Å². The molecule has 1 amide bonds. The van der Waals surface area contributed by atoms with E-state index in [0.717, 1.165) is 5.56 Å². The van der Waals surface area contributed by atoms with Gasteiger partial charge in [-0.1, -0.05) is 41.6 Å². The molecule has 0 aliphatic rings. The molecule has 1 aromatic carbocycles. The van der Waals surface area contributed by atoms with Crippen LogP contribution in [0.5, 0.6) is 0 Å². The minimum absolute atomic E-state index is 0.0565. The van der Waals surface area contributed by atoms with E-state index in [0.29, 0.717) is 11.7 Å². The van der Waals surface area contributed by atoms with Crippen molar-refractivity contribution in [1.82, 2.24) is 20.5 Å². The van der Waals surface area contributed by atoms with Crippen LogP contribution in [-0.2, 0) is 11.3 Å². The van der Waals surface area contributed by atoms with Gasteiger partial charge in [0.2, 0.25) is 17.0 Å². The van der Waals surface area contributed by atoms with Crippen molar-refractivity contribution < 1.29 is 4.79 Å². The van der Waals surface area contributed by atoms with Crippen LogP contribution in [0.25, 0.3) is 0 Å². The molecule has 0 spiro atoms. The van der Waals surface area contributed by atoms with Crippen LogP contribution in [0.15, 0.2) is 29.4 Å². The van der Waals surface area contributed by atoms with Crippen molar-refractivity contribution in [1.29, 1.82) is 0 Å². The Labute approximate surface area is 121 Å². The highest BCUT2D eigenvalue weighted by atomic mass is 32.2.